The highest BCUT2D eigenvalue weighted by Gasteiger charge is 2.62. The molecular formula is C37H70N4O3. The van der Waals surface area contributed by atoms with Gasteiger partial charge in [-0.25, -0.2) is 0 Å². The van der Waals surface area contributed by atoms with E-state index in [1.807, 2.05) is 6.92 Å². The standard InChI is InChI=1S/C37H70N4O3/c1-26(10-7-11-27(2)35(43)44)30-12-13-31-34-32(15-17-37(30,31)4)36(3)16-14-29(24-28(36)25-33(34)42)41-23-9-22-40-20-6-5-19-39-21-8-18-38/h26-34,39-42H,5-25,38H2,1-4H3,(H,43,44)/t26-,27+,28-,29+,30-,31+,32+,33-,34+,36+,37-/m1/s1. The van der Waals surface area contributed by atoms with E-state index in [4.69, 9.17) is 5.73 Å². The van der Waals surface area contributed by atoms with Gasteiger partial charge in [0.25, 0.3) is 0 Å². The topological polar surface area (TPSA) is 120 Å². The molecule has 0 aliphatic heterocycles. The fraction of sp³-hybridized carbons (Fsp3) is 0.973. The number of hydrogen-bond acceptors (Lipinski definition) is 6. The molecule has 0 spiro atoms. The van der Waals surface area contributed by atoms with E-state index < -0.39 is 5.97 Å². The van der Waals surface area contributed by atoms with Crippen LogP contribution in [-0.4, -0.2) is 67.6 Å². The monoisotopic (exact) mass is 619 g/mol. The molecule has 4 rings (SSSR count). The third-order valence-electron chi connectivity index (χ3n) is 13.6. The van der Waals surface area contributed by atoms with Crippen LogP contribution in [0, 0.1) is 52.3 Å². The summed E-state index contributed by atoms with van der Waals surface area (Å²) in [6.07, 6.45) is 17.5. The number of aliphatic carboxylic acids is 1. The summed E-state index contributed by atoms with van der Waals surface area (Å²) < 4.78 is 0. The number of nitrogens with two attached hydrogens (primary N) is 1. The second-order valence-electron chi connectivity index (χ2n) is 16.3. The van der Waals surface area contributed by atoms with Gasteiger partial charge < -0.3 is 31.9 Å². The van der Waals surface area contributed by atoms with E-state index in [1.54, 1.807) is 0 Å². The maximum Gasteiger partial charge on any atom is 0.306 e. The van der Waals surface area contributed by atoms with Crippen molar-refractivity contribution >= 4 is 5.97 Å². The van der Waals surface area contributed by atoms with Crippen LogP contribution in [0.1, 0.15) is 124 Å². The van der Waals surface area contributed by atoms with Gasteiger partial charge in [0.15, 0.2) is 0 Å². The molecule has 4 aliphatic rings. The molecule has 7 nitrogen and oxygen atoms in total. The van der Waals surface area contributed by atoms with Gasteiger partial charge in [0, 0.05) is 6.04 Å². The van der Waals surface area contributed by atoms with Gasteiger partial charge in [0.05, 0.1) is 12.0 Å². The molecule has 0 aromatic rings. The predicted molar refractivity (Wildman–Crippen MR) is 181 cm³/mol. The van der Waals surface area contributed by atoms with Crippen LogP contribution in [0.4, 0.5) is 0 Å². The van der Waals surface area contributed by atoms with Crippen molar-refractivity contribution in [3.05, 3.63) is 0 Å². The summed E-state index contributed by atoms with van der Waals surface area (Å²) in [5.41, 5.74) is 6.24. The minimum absolute atomic E-state index is 0.146. The lowest BCUT2D eigenvalue weighted by Gasteiger charge is -2.62. The molecule has 0 radical (unpaired) electrons. The Kier molecular flexibility index (Phi) is 13.9. The number of rotatable bonds is 19. The van der Waals surface area contributed by atoms with Crippen LogP contribution in [0.2, 0.25) is 0 Å². The zero-order valence-electron chi connectivity index (χ0n) is 28.9. The summed E-state index contributed by atoms with van der Waals surface area (Å²) in [4.78, 5) is 11.3. The Morgan fingerprint density at radius 1 is 0.818 bits per heavy atom. The molecule has 7 N–H and O–H groups in total. The maximum atomic E-state index is 11.8. The zero-order chi connectivity index (χ0) is 31.7. The molecule has 0 aromatic heterocycles. The van der Waals surface area contributed by atoms with E-state index in [1.165, 1.54) is 64.2 Å². The summed E-state index contributed by atoms with van der Waals surface area (Å²) in [5, 5.41) is 32.0. The van der Waals surface area contributed by atoms with Gasteiger partial charge in [-0.15, -0.1) is 0 Å². The first-order valence-corrected chi connectivity index (χ1v) is 18.9. The number of unbranched alkanes of at least 4 members (excludes halogenated alkanes) is 1. The minimum atomic E-state index is -0.663. The smallest absolute Gasteiger partial charge is 0.306 e. The molecule has 0 amide bonds. The second kappa shape index (κ2) is 16.9. The average Bonchev–Trinajstić information content (AvgIpc) is 3.35. The molecule has 0 heterocycles. The zero-order valence-corrected chi connectivity index (χ0v) is 28.9. The number of aliphatic hydroxyl groups is 1. The third-order valence-corrected chi connectivity index (χ3v) is 13.6. The number of carbonyl (C=O) groups is 1. The maximum absolute atomic E-state index is 11.8. The highest BCUT2D eigenvalue weighted by Crippen LogP contribution is 2.68. The summed E-state index contributed by atoms with van der Waals surface area (Å²) in [5.74, 6) is 2.87. The first-order chi connectivity index (χ1) is 21.1. The van der Waals surface area contributed by atoms with E-state index in [0.717, 1.165) is 71.4 Å². The predicted octanol–water partition coefficient (Wildman–Crippen LogP) is 5.80. The highest BCUT2D eigenvalue weighted by molar-refractivity contribution is 5.69. The van der Waals surface area contributed by atoms with E-state index in [9.17, 15) is 15.0 Å². The Bertz CT molecular complexity index is 874. The van der Waals surface area contributed by atoms with E-state index >= 15 is 0 Å². The van der Waals surface area contributed by atoms with Crippen molar-refractivity contribution in [1.82, 2.24) is 16.0 Å². The number of fused-ring (bicyclic) bond motifs is 5. The molecule has 0 unspecified atom stereocenters. The summed E-state index contributed by atoms with van der Waals surface area (Å²) in [6.45, 7) is 15.6. The molecule has 0 bridgehead atoms. The fourth-order valence-electron chi connectivity index (χ4n) is 11.0. The largest absolute Gasteiger partial charge is 0.481 e. The third kappa shape index (κ3) is 8.59. The van der Waals surface area contributed by atoms with Gasteiger partial charge in [-0.05, 0) is 169 Å². The van der Waals surface area contributed by atoms with Crippen LogP contribution in [0.5, 0.6) is 0 Å². The van der Waals surface area contributed by atoms with Crippen LogP contribution in [0.15, 0.2) is 0 Å². The molecule has 256 valence electrons. The van der Waals surface area contributed by atoms with Crippen molar-refractivity contribution in [3.63, 3.8) is 0 Å². The van der Waals surface area contributed by atoms with Gasteiger partial charge in [-0.1, -0.05) is 40.5 Å². The number of nitrogens with one attached hydrogen (secondary N) is 3. The van der Waals surface area contributed by atoms with Gasteiger partial charge in [-0.3, -0.25) is 4.79 Å². The van der Waals surface area contributed by atoms with Gasteiger partial charge in [0.2, 0.25) is 0 Å². The van der Waals surface area contributed by atoms with Crippen LogP contribution in [0.3, 0.4) is 0 Å². The molecule has 4 fully saturated rings. The van der Waals surface area contributed by atoms with Gasteiger partial charge in [0.1, 0.15) is 0 Å². The lowest BCUT2D eigenvalue weighted by molar-refractivity contribution is -0.167. The van der Waals surface area contributed by atoms with E-state index in [2.05, 4.69) is 36.7 Å². The highest BCUT2D eigenvalue weighted by atomic mass is 16.4. The van der Waals surface area contributed by atoms with Crippen molar-refractivity contribution in [2.45, 2.75) is 136 Å². The van der Waals surface area contributed by atoms with Crippen molar-refractivity contribution in [2.75, 3.05) is 39.3 Å². The van der Waals surface area contributed by atoms with Crippen LogP contribution in [0.25, 0.3) is 0 Å². The lowest BCUT2D eigenvalue weighted by Crippen LogP contribution is -2.59. The van der Waals surface area contributed by atoms with E-state index in [0.29, 0.717) is 52.4 Å². The van der Waals surface area contributed by atoms with Crippen LogP contribution in [-0.2, 0) is 4.79 Å². The first-order valence-electron chi connectivity index (χ1n) is 18.9. The van der Waals surface area contributed by atoms with E-state index in [-0.39, 0.29) is 12.0 Å². The van der Waals surface area contributed by atoms with Crippen molar-refractivity contribution in [1.29, 1.82) is 0 Å². The summed E-state index contributed by atoms with van der Waals surface area (Å²) in [7, 11) is 0. The first kappa shape index (κ1) is 36.1. The number of carboxylic acids is 1. The normalized spacial score (nSPS) is 38.0. The molecule has 0 aromatic carbocycles. The second-order valence-corrected chi connectivity index (χ2v) is 16.3. The summed E-state index contributed by atoms with van der Waals surface area (Å²) >= 11 is 0. The quantitative estimate of drug-likeness (QED) is 0.101. The molecule has 44 heavy (non-hydrogen) atoms. The minimum Gasteiger partial charge on any atom is -0.481 e. The van der Waals surface area contributed by atoms with Crippen LogP contribution < -0.4 is 21.7 Å². The molecule has 7 heteroatoms. The molecular weight excluding hydrogens is 548 g/mol. The molecule has 4 aliphatic carbocycles. The number of aliphatic hydroxyl groups excluding tert-OH is 1. The Balaban J connectivity index is 1.20. The Morgan fingerprint density at radius 3 is 2.18 bits per heavy atom. The Hall–Kier alpha value is -0.730. The number of carboxylic acid groups (broad SMARTS) is 1. The SMILES string of the molecule is C[C@H](CCC[C@H](C)C(=O)O)[C@H]1CC[C@H]2[C@@H]3[C@H](O)C[C@H]4C[C@@H](NCCCNCCCCNCCCN)CC[C@]4(C)[C@H]3CC[C@]12C. The number of hydrogen-bond donors (Lipinski definition) is 6. The molecule has 4 saturated carbocycles. The molecule has 0 saturated heterocycles. The van der Waals surface area contributed by atoms with Gasteiger partial charge in [-0.2, -0.15) is 0 Å². The van der Waals surface area contributed by atoms with Crippen molar-refractivity contribution in [2.24, 2.45) is 58.0 Å². The van der Waals surface area contributed by atoms with Crippen molar-refractivity contribution < 1.29 is 15.0 Å². The Morgan fingerprint density at radius 2 is 1.48 bits per heavy atom. The van der Waals surface area contributed by atoms with Gasteiger partial charge >= 0.3 is 5.97 Å². The summed E-state index contributed by atoms with van der Waals surface area (Å²) in [6, 6.07) is 0.603. The fourth-order valence-corrected chi connectivity index (χ4v) is 11.0. The lowest BCUT2D eigenvalue weighted by atomic mass is 9.43. The van der Waals surface area contributed by atoms with Crippen molar-refractivity contribution in [3.8, 4) is 0 Å². The average molecular weight is 619 g/mol. The Labute approximate surface area is 270 Å². The van der Waals surface area contributed by atoms with Crippen LogP contribution >= 0.6 is 0 Å². The molecule has 11 atom stereocenters.